The summed E-state index contributed by atoms with van der Waals surface area (Å²) in [6.07, 6.45) is 10.1. The van der Waals surface area contributed by atoms with Crippen LogP contribution < -0.4 is 43.4 Å². The zero-order chi connectivity index (χ0) is 43.6. The number of ether oxygens (including phenoxy) is 2. The molecule has 58 heavy (non-hydrogen) atoms. The van der Waals surface area contributed by atoms with Crippen molar-refractivity contribution in [2.45, 2.75) is 142 Å². The number of amides is 6. The van der Waals surface area contributed by atoms with Crippen molar-refractivity contribution < 1.29 is 47.8 Å². The molecule has 0 spiro atoms. The topological polar surface area (TPSA) is 279 Å². The van der Waals surface area contributed by atoms with Crippen LogP contribution in [0.5, 0.6) is 0 Å². The van der Waals surface area contributed by atoms with Gasteiger partial charge in [0.05, 0.1) is 25.3 Å². The number of carbonyl (C=O) groups is 8. The minimum absolute atomic E-state index is 0.0245. The lowest BCUT2D eigenvalue weighted by Crippen LogP contribution is -2.50. The largest absolute Gasteiger partial charge is 0.465 e. The fourth-order valence-corrected chi connectivity index (χ4v) is 7.43. The zero-order valence-corrected chi connectivity index (χ0v) is 36.6. The molecule has 0 fully saturated rings. The van der Waals surface area contributed by atoms with Crippen LogP contribution in [0.3, 0.4) is 0 Å². The summed E-state index contributed by atoms with van der Waals surface area (Å²) in [6, 6.07) is -4.13. The van der Waals surface area contributed by atoms with E-state index in [1.165, 1.54) is 0 Å². The highest BCUT2D eigenvalue weighted by atomic mass is 33.1. The predicted molar refractivity (Wildman–Crippen MR) is 226 cm³/mol. The molecule has 0 saturated heterocycles. The SMILES string of the molecule is CCCCCCCNC(=O)C(N)CCC(=O)NC(CSSCC(NC(=O)CCC(N)C(=O)NCCCCCCC)C(=O)NCC(=O)OCC)C(=O)NCC(=O)OCC. The molecule has 18 nitrogen and oxygen atoms in total. The number of unbranched alkanes of at least 4 members (excludes halogenated alkanes) is 8. The van der Waals surface area contributed by atoms with E-state index in [4.69, 9.17) is 20.9 Å². The molecule has 6 amide bonds. The fourth-order valence-electron chi connectivity index (χ4n) is 5.10. The van der Waals surface area contributed by atoms with Gasteiger partial charge in [0, 0.05) is 37.4 Å². The zero-order valence-electron chi connectivity index (χ0n) is 34.9. The van der Waals surface area contributed by atoms with Crippen LogP contribution in [0.15, 0.2) is 0 Å². The van der Waals surface area contributed by atoms with Crippen molar-refractivity contribution in [2.24, 2.45) is 11.5 Å². The third-order valence-electron chi connectivity index (χ3n) is 8.48. The quantitative estimate of drug-likeness (QED) is 0.0252. The van der Waals surface area contributed by atoms with E-state index >= 15 is 0 Å². The molecule has 0 rings (SSSR count). The Balaban J connectivity index is 5.37. The lowest BCUT2D eigenvalue weighted by molar-refractivity contribution is -0.144. The predicted octanol–water partition coefficient (Wildman–Crippen LogP) is 1.08. The number of hydrogen-bond acceptors (Lipinski definition) is 14. The molecule has 0 heterocycles. The van der Waals surface area contributed by atoms with Crippen molar-refractivity contribution in [1.82, 2.24) is 31.9 Å². The van der Waals surface area contributed by atoms with E-state index < -0.39 is 72.8 Å². The first-order chi connectivity index (χ1) is 27.8. The molecule has 10 N–H and O–H groups in total. The summed E-state index contributed by atoms with van der Waals surface area (Å²) >= 11 is 0. The van der Waals surface area contributed by atoms with E-state index in [0.29, 0.717) is 13.1 Å². The van der Waals surface area contributed by atoms with Crippen LogP contribution in [0, 0.1) is 0 Å². The number of rotatable bonds is 35. The van der Waals surface area contributed by atoms with Crippen molar-refractivity contribution in [3.8, 4) is 0 Å². The molecule has 334 valence electrons. The molecule has 4 atom stereocenters. The number of carbonyl (C=O) groups excluding carboxylic acids is 8. The van der Waals surface area contributed by atoms with Gasteiger partial charge in [-0.3, -0.25) is 38.4 Å². The molecule has 0 aliphatic heterocycles. The van der Waals surface area contributed by atoms with Crippen LogP contribution in [0.4, 0.5) is 0 Å². The maximum Gasteiger partial charge on any atom is 0.325 e. The van der Waals surface area contributed by atoms with Crippen LogP contribution in [-0.4, -0.2) is 122 Å². The van der Waals surface area contributed by atoms with Gasteiger partial charge in [0.2, 0.25) is 35.4 Å². The molecule has 0 aromatic rings. The summed E-state index contributed by atoms with van der Waals surface area (Å²) < 4.78 is 9.72. The van der Waals surface area contributed by atoms with Gasteiger partial charge in [-0.15, -0.1) is 0 Å². The molecule has 4 unspecified atom stereocenters. The molecular weight excluding hydrogens is 793 g/mol. The van der Waals surface area contributed by atoms with Crippen LogP contribution in [-0.2, 0) is 47.8 Å². The Morgan fingerprint density at radius 3 is 1.21 bits per heavy atom. The molecule has 0 bridgehead atoms. The van der Waals surface area contributed by atoms with Gasteiger partial charge in [0.25, 0.3) is 0 Å². The minimum atomic E-state index is -1.14. The Labute approximate surface area is 351 Å². The van der Waals surface area contributed by atoms with Gasteiger partial charge in [-0.1, -0.05) is 86.8 Å². The van der Waals surface area contributed by atoms with Gasteiger partial charge < -0.3 is 52.8 Å². The second-order valence-electron chi connectivity index (χ2n) is 13.6. The van der Waals surface area contributed by atoms with E-state index in [2.05, 4.69) is 45.7 Å². The van der Waals surface area contributed by atoms with E-state index in [1.54, 1.807) is 13.8 Å². The van der Waals surface area contributed by atoms with Gasteiger partial charge in [-0.25, -0.2) is 0 Å². The van der Waals surface area contributed by atoms with Crippen LogP contribution in [0.25, 0.3) is 0 Å². The van der Waals surface area contributed by atoms with Gasteiger partial charge in [-0.2, -0.15) is 0 Å². The van der Waals surface area contributed by atoms with Crippen molar-refractivity contribution in [2.75, 3.05) is 50.9 Å². The first kappa shape index (κ1) is 54.4. The normalized spacial score (nSPS) is 12.9. The summed E-state index contributed by atoms with van der Waals surface area (Å²) in [6.45, 7) is 7.82. The van der Waals surface area contributed by atoms with E-state index in [9.17, 15) is 38.4 Å². The minimum Gasteiger partial charge on any atom is -0.465 e. The molecule has 0 aromatic carbocycles. The fraction of sp³-hybridized carbons (Fsp3) is 0.789. The third kappa shape index (κ3) is 28.7. The summed E-state index contributed by atoms with van der Waals surface area (Å²) in [5, 5.41) is 15.7. The molecule has 20 heteroatoms. The van der Waals surface area contributed by atoms with Gasteiger partial charge in [0.15, 0.2) is 0 Å². The number of nitrogens with one attached hydrogen (secondary N) is 6. The maximum absolute atomic E-state index is 13.1. The van der Waals surface area contributed by atoms with Gasteiger partial charge >= 0.3 is 11.9 Å². The second kappa shape index (κ2) is 35.3. The first-order valence-corrected chi connectivity index (χ1v) is 23.0. The van der Waals surface area contributed by atoms with E-state index in [-0.39, 0.29) is 62.2 Å². The van der Waals surface area contributed by atoms with E-state index in [1.807, 2.05) is 0 Å². The molecule has 0 aliphatic rings. The van der Waals surface area contributed by atoms with Crippen molar-refractivity contribution in [3.05, 3.63) is 0 Å². The highest BCUT2D eigenvalue weighted by Crippen LogP contribution is 2.23. The molecule has 0 radical (unpaired) electrons. The Bertz CT molecular complexity index is 1160. The van der Waals surface area contributed by atoms with Gasteiger partial charge in [0.1, 0.15) is 25.2 Å². The first-order valence-electron chi connectivity index (χ1n) is 20.6. The average molecular weight is 863 g/mol. The number of nitrogens with two attached hydrogens (primary N) is 2. The number of esters is 2. The highest BCUT2D eigenvalue weighted by Gasteiger charge is 2.26. The second-order valence-corrected chi connectivity index (χ2v) is 16.1. The van der Waals surface area contributed by atoms with Crippen molar-refractivity contribution in [3.63, 3.8) is 0 Å². The molecule has 0 aromatic heterocycles. The summed E-state index contributed by atoms with van der Waals surface area (Å²) in [5.41, 5.74) is 12.0. The summed E-state index contributed by atoms with van der Waals surface area (Å²) in [7, 11) is 2.21. The van der Waals surface area contributed by atoms with Crippen molar-refractivity contribution >= 4 is 69.0 Å². The van der Waals surface area contributed by atoms with Crippen LogP contribution >= 0.6 is 21.6 Å². The van der Waals surface area contributed by atoms with Crippen LogP contribution in [0.2, 0.25) is 0 Å². The monoisotopic (exact) mass is 862 g/mol. The third-order valence-corrected chi connectivity index (χ3v) is 10.9. The Morgan fingerprint density at radius 2 is 0.862 bits per heavy atom. The standard InChI is InChI=1S/C38H70N8O10S2/c1-5-9-11-13-15-21-41-35(51)27(39)17-19-31(47)45-29(37(53)43-23-33(49)55-7-3)25-57-58-26-30(38(54)44-24-34(50)56-8-4)46-32(48)20-18-28(40)36(52)42-22-16-14-12-10-6-2/h27-30H,5-26,39-40H2,1-4H3,(H,41,51)(H,42,52)(H,43,53)(H,44,54)(H,45,47)(H,46,48). The average Bonchev–Trinajstić information content (AvgIpc) is 3.20. The lowest BCUT2D eigenvalue weighted by atomic mass is 10.1. The van der Waals surface area contributed by atoms with Crippen molar-refractivity contribution in [1.29, 1.82) is 0 Å². The summed E-state index contributed by atoms with van der Waals surface area (Å²) in [5.74, 6) is -4.57. The van der Waals surface area contributed by atoms with Crippen LogP contribution in [0.1, 0.15) is 118 Å². The molecular formula is C38H70N8O10S2. The summed E-state index contributed by atoms with van der Waals surface area (Å²) in [4.78, 5) is 101. The number of hydrogen-bond donors (Lipinski definition) is 8. The Morgan fingerprint density at radius 1 is 0.500 bits per heavy atom. The lowest BCUT2D eigenvalue weighted by Gasteiger charge is -2.20. The molecule has 0 aliphatic carbocycles. The smallest absolute Gasteiger partial charge is 0.325 e. The Kier molecular flexibility index (Phi) is 33.1. The van der Waals surface area contributed by atoms with E-state index in [0.717, 1.165) is 85.8 Å². The maximum atomic E-state index is 13.1. The Hall–Kier alpha value is -3.62. The molecule has 0 saturated carbocycles. The highest BCUT2D eigenvalue weighted by molar-refractivity contribution is 8.76. The van der Waals surface area contributed by atoms with Gasteiger partial charge in [-0.05, 0) is 39.5 Å².